The van der Waals surface area contributed by atoms with Crippen molar-refractivity contribution in [1.29, 1.82) is 0 Å². The van der Waals surface area contributed by atoms with Gasteiger partial charge in [0.1, 0.15) is 5.82 Å². The highest BCUT2D eigenvalue weighted by Crippen LogP contribution is 2.32. The zero-order valence-electron chi connectivity index (χ0n) is 14.6. The van der Waals surface area contributed by atoms with E-state index in [4.69, 9.17) is 0 Å². The van der Waals surface area contributed by atoms with Gasteiger partial charge in [-0.05, 0) is 50.8 Å². The van der Waals surface area contributed by atoms with E-state index in [0.29, 0.717) is 11.8 Å². The average Bonchev–Trinajstić information content (AvgIpc) is 3.04. The van der Waals surface area contributed by atoms with Crippen LogP contribution in [0.2, 0.25) is 0 Å². The Labute approximate surface area is 145 Å². The Balaban J connectivity index is 1.45. The normalized spacial score (nSPS) is 21.9. The zero-order valence-corrected chi connectivity index (χ0v) is 14.6. The lowest BCUT2D eigenvalue weighted by molar-refractivity contribution is 0.100. The summed E-state index contributed by atoms with van der Waals surface area (Å²) in [6, 6.07) is 10.7. The molecule has 0 spiro atoms. The van der Waals surface area contributed by atoms with E-state index in [1.54, 1.807) is 0 Å². The summed E-state index contributed by atoms with van der Waals surface area (Å²) < 4.78 is 2.22. The van der Waals surface area contributed by atoms with Crippen LogP contribution in [0, 0.1) is 12.8 Å². The van der Waals surface area contributed by atoms with Crippen molar-refractivity contribution in [3.63, 3.8) is 0 Å². The van der Waals surface area contributed by atoms with Gasteiger partial charge in [0.15, 0.2) is 0 Å². The third-order valence-electron chi connectivity index (χ3n) is 5.33. The van der Waals surface area contributed by atoms with Crippen molar-refractivity contribution in [3.05, 3.63) is 54.1 Å². The van der Waals surface area contributed by atoms with E-state index in [1.165, 1.54) is 18.4 Å². The highest BCUT2D eigenvalue weighted by Gasteiger charge is 2.29. The first kappa shape index (κ1) is 17.2. The van der Waals surface area contributed by atoms with E-state index in [9.17, 15) is 5.11 Å². The fourth-order valence-electron chi connectivity index (χ4n) is 3.89. The summed E-state index contributed by atoms with van der Waals surface area (Å²) in [6.45, 7) is 6.67. The molecule has 4 heteroatoms. The first-order valence-corrected chi connectivity index (χ1v) is 9.14. The van der Waals surface area contributed by atoms with Gasteiger partial charge in [0.25, 0.3) is 0 Å². The molecule has 0 unspecified atom stereocenters. The van der Waals surface area contributed by atoms with Gasteiger partial charge in [-0.25, -0.2) is 4.98 Å². The molecule has 1 aliphatic heterocycles. The predicted molar refractivity (Wildman–Crippen MR) is 97.0 cm³/mol. The summed E-state index contributed by atoms with van der Waals surface area (Å²) in [5.74, 6) is 1.96. The maximum Gasteiger partial charge on any atom is 0.105 e. The molecule has 0 radical (unpaired) electrons. The second-order valence-electron chi connectivity index (χ2n) is 6.92. The predicted octanol–water partition coefficient (Wildman–Crippen LogP) is 3.07. The Bertz CT molecular complexity index is 610. The Hall–Kier alpha value is -1.65. The van der Waals surface area contributed by atoms with Crippen LogP contribution in [0.5, 0.6) is 0 Å². The van der Waals surface area contributed by atoms with Crippen molar-refractivity contribution in [2.75, 3.05) is 26.2 Å². The molecule has 0 amide bonds. The van der Waals surface area contributed by atoms with Crippen LogP contribution in [0.4, 0.5) is 0 Å². The van der Waals surface area contributed by atoms with E-state index >= 15 is 0 Å². The maximum absolute atomic E-state index is 9.83. The largest absolute Gasteiger partial charge is 0.396 e. The Morgan fingerprint density at radius 3 is 2.67 bits per heavy atom. The number of hydrogen-bond donors (Lipinski definition) is 1. The fraction of sp³-hybridized carbons (Fsp3) is 0.550. The molecule has 4 nitrogen and oxygen atoms in total. The number of aromatic nitrogens is 2. The Kier molecular flexibility index (Phi) is 6.05. The molecule has 1 aromatic heterocycles. The number of nitrogens with zero attached hydrogens (tertiary/aromatic N) is 3. The number of rotatable bonds is 7. The lowest BCUT2D eigenvalue weighted by atomic mass is 9.81. The number of aryl methyl sites for hydroxylation is 2. The summed E-state index contributed by atoms with van der Waals surface area (Å²) >= 11 is 0. The van der Waals surface area contributed by atoms with Crippen LogP contribution in [-0.2, 0) is 6.54 Å². The summed E-state index contributed by atoms with van der Waals surface area (Å²) in [5, 5.41) is 9.83. The molecule has 2 heterocycles. The van der Waals surface area contributed by atoms with Crippen molar-refractivity contribution < 1.29 is 5.11 Å². The zero-order chi connectivity index (χ0) is 16.8. The molecule has 0 saturated carbocycles. The second kappa shape index (κ2) is 8.45. The van der Waals surface area contributed by atoms with Crippen molar-refractivity contribution in [2.45, 2.75) is 38.6 Å². The first-order chi connectivity index (χ1) is 11.8. The van der Waals surface area contributed by atoms with Gasteiger partial charge in [-0.15, -0.1) is 0 Å². The number of benzene rings is 1. The van der Waals surface area contributed by atoms with Gasteiger partial charge in [-0.2, -0.15) is 0 Å². The van der Waals surface area contributed by atoms with Gasteiger partial charge in [0.2, 0.25) is 0 Å². The van der Waals surface area contributed by atoms with Gasteiger partial charge in [-0.1, -0.05) is 30.3 Å². The number of aliphatic hydroxyl groups excluding tert-OH is 1. The summed E-state index contributed by atoms with van der Waals surface area (Å²) in [5.41, 5.74) is 1.38. The molecule has 2 aromatic rings. The van der Waals surface area contributed by atoms with Crippen molar-refractivity contribution in [1.82, 2.24) is 14.5 Å². The van der Waals surface area contributed by atoms with E-state index in [1.807, 2.05) is 6.20 Å². The van der Waals surface area contributed by atoms with Gasteiger partial charge in [0, 0.05) is 38.0 Å². The molecule has 1 saturated heterocycles. The minimum Gasteiger partial charge on any atom is -0.396 e. The number of aliphatic hydroxyl groups is 1. The SMILES string of the molecule is Cc1nccn1CCCCN1CC[C@@H](c2ccccc2)[C@@H](CO)C1. The molecule has 2 atom stereocenters. The highest BCUT2D eigenvalue weighted by atomic mass is 16.3. The van der Waals surface area contributed by atoms with Crippen molar-refractivity contribution in [3.8, 4) is 0 Å². The topological polar surface area (TPSA) is 41.3 Å². The molecular formula is C20H29N3O. The fourth-order valence-corrected chi connectivity index (χ4v) is 3.89. The first-order valence-electron chi connectivity index (χ1n) is 9.14. The second-order valence-corrected chi connectivity index (χ2v) is 6.92. The number of likely N-dealkylation sites (tertiary alicyclic amines) is 1. The van der Waals surface area contributed by atoms with Gasteiger partial charge in [0.05, 0.1) is 0 Å². The molecule has 1 aliphatic rings. The van der Waals surface area contributed by atoms with Crippen LogP contribution in [0.25, 0.3) is 0 Å². The van der Waals surface area contributed by atoms with E-state index < -0.39 is 0 Å². The molecule has 130 valence electrons. The van der Waals surface area contributed by atoms with Crippen LogP contribution in [-0.4, -0.2) is 45.8 Å². The van der Waals surface area contributed by atoms with Gasteiger partial charge >= 0.3 is 0 Å². The standard InChI is InChI=1S/C20H29N3O/c1-17-21-10-14-23(17)12-6-5-11-22-13-9-20(19(15-22)16-24)18-7-3-2-4-8-18/h2-4,7-8,10,14,19-20,24H,5-6,9,11-13,15-16H2,1H3/t19-,20+/m1/s1. The van der Waals surface area contributed by atoms with Crippen LogP contribution >= 0.6 is 0 Å². The van der Waals surface area contributed by atoms with Crippen LogP contribution in [0.15, 0.2) is 42.7 Å². The summed E-state index contributed by atoms with van der Waals surface area (Å²) in [6.07, 6.45) is 7.46. The smallest absolute Gasteiger partial charge is 0.105 e. The Morgan fingerprint density at radius 1 is 1.17 bits per heavy atom. The minimum absolute atomic E-state index is 0.282. The third kappa shape index (κ3) is 4.25. The van der Waals surface area contributed by atoms with E-state index in [2.05, 4.69) is 57.9 Å². The number of imidazole rings is 1. The lowest BCUT2D eigenvalue weighted by Gasteiger charge is -2.38. The molecule has 0 bridgehead atoms. The molecule has 0 aliphatic carbocycles. The molecule has 1 aromatic carbocycles. The van der Waals surface area contributed by atoms with Crippen LogP contribution < -0.4 is 0 Å². The maximum atomic E-state index is 9.83. The molecule has 24 heavy (non-hydrogen) atoms. The minimum atomic E-state index is 0.282. The highest BCUT2D eigenvalue weighted by molar-refractivity contribution is 5.21. The van der Waals surface area contributed by atoms with Gasteiger partial charge in [-0.3, -0.25) is 0 Å². The molecular weight excluding hydrogens is 298 g/mol. The average molecular weight is 327 g/mol. The lowest BCUT2D eigenvalue weighted by Crippen LogP contribution is -2.41. The number of piperidine rings is 1. The summed E-state index contributed by atoms with van der Waals surface area (Å²) in [7, 11) is 0. The number of unbranched alkanes of at least 4 members (excludes halogenated alkanes) is 1. The summed E-state index contributed by atoms with van der Waals surface area (Å²) in [4.78, 5) is 6.80. The van der Waals surface area contributed by atoms with Crippen LogP contribution in [0.1, 0.15) is 36.6 Å². The van der Waals surface area contributed by atoms with E-state index in [0.717, 1.165) is 38.4 Å². The molecule has 3 rings (SSSR count). The third-order valence-corrected chi connectivity index (χ3v) is 5.33. The molecule has 1 fully saturated rings. The van der Waals surface area contributed by atoms with Crippen LogP contribution in [0.3, 0.4) is 0 Å². The monoisotopic (exact) mass is 327 g/mol. The Morgan fingerprint density at radius 2 is 1.96 bits per heavy atom. The van der Waals surface area contributed by atoms with Gasteiger partial charge < -0.3 is 14.6 Å². The van der Waals surface area contributed by atoms with Crippen molar-refractivity contribution >= 4 is 0 Å². The van der Waals surface area contributed by atoms with Crippen molar-refractivity contribution in [2.24, 2.45) is 5.92 Å². The number of hydrogen-bond acceptors (Lipinski definition) is 3. The van der Waals surface area contributed by atoms with E-state index in [-0.39, 0.29) is 6.61 Å². The molecule has 1 N–H and O–H groups in total. The quantitative estimate of drug-likeness (QED) is 0.795.